The molecule has 1 aromatic heterocycles. The van der Waals surface area contributed by atoms with Crippen molar-refractivity contribution in [2.75, 3.05) is 13.2 Å². The highest BCUT2D eigenvalue weighted by Crippen LogP contribution is 2.14. The van der Waals surface area contributed by atoms with Crippen molar-refractivity contribution >= 4 is 10.9 Å². The molecule has 3 nitrogen and oxygen atoms in total. The first-order valence-corrected chi connectivity index (χ1v) is 5.09. The molecular formula is C12H17NO2. The van der Waals surface area contributed by atoms with Gasteiger partial charge in [-0.25, -0.2) is 0 Å². The molecule has 2 rings (SSSR count). The first-order chi connectivity index (χ1) is 7.33. The quantitative estimate of drug-likeness (QED) is 0.786. The Morgan fingerprint density at radius 1 is 1.13 bits per heavy atom. The third kappa shape index (κ3) is 3.08. The largest absolute Gasteiger partial charge is 0.397 e. The highest BCUT2D eigenvalue weighted by molar-refractivity contribution is 5.79. The van der Waals surface area contributed by atoms with Crippen molar-refractivity contribution in [3.05, 3.63) is 36.5 Å². The van der Waals surface area contributed by atoms with Crippen LogP contribution < -0.4 is 0 Å². The molecule has 3 heteroatoms. The van der Waals surface area contributed by atoms with Crippen LogP contribution in [0.25, 0.3) is 10.9 Å². The predicted molar refractivity (Wildman–Crippen MR) is 61.8 cm³/mol. The van der Waals surface area contributed by atoms with Gasteiger partial charge in [0.2, 0.25) is 0 Å². The van der Waals surface area contributed by atoms with Crippen LogP contribution in [0.4, 0.5) is 0 Å². The van der Waals surface area contributed by atoms with Crippen molar-refractivity contribution in [2.24, 2.45) is 0 Å². The van der Waals surface area contributed by atoms with Crippen molar-refractivity contribution in [1.29, 1.82) is 0 Å². The summed E-state index contributed by atoms with van der Waals surface area (Å²) >= 11 is 0. The minimum Gasteiger partial charge on any atom is -0.397 e. The van der Waals surface area contributed by atoms with E-state index < -0.39 is 0 Å². The monoisotopic (exact) mass is 207 g/mol. The number of rotatable bonds is 2. The topological polar surface area (TPSA) is 45.4 Å². The molecule has 0 amide bonds. The zero-order valence-corrected chi connectivity index (χ0v) is 8.93. The van der Waals surface area contributed by atoms with Crippen LogP contribution in [0.2, 0.25) is 0 Å². The fraction of sp³-hybridized carbons (Fsp3) is 0.333. The van der Waals surface area contributed by atoms with E-state index in [1.807, 2.05) is 18.3 Å². The highest BCUT2D eigenvalue weighted by Gasteiger charge is 1.97. The average molecular weight is 207 g/mol. The summed E-state index contributed by atoms with van der Waals surface area (Å²) in [5.74, 6) is 0. The maximum Gasteiger partial charge on any atom is 0.0610 e. The van der Waals surface area contributed by atoms with Gasteiger partial charge in [-0.2, -0.15) is 0 Å². The van der Waals surface area contributed by atoms with E-state index in [0.717, 1.165) is 0 Å². The number of aromatic nitrogens is 1. The van der Waals surface area contributed by atoms with E-state index >= 15 is 0 Å². The van der Waals surface area contributed by atoms with E-state index in [-0.39, 0.29) is 13.2 Å². The summed E-state index contributed by atoms with van der Waals surface area (Å²) in [7, 11) is 0. The van der Waals surface area contributed by atoms with Gasteiger partial charge in [0.25, 0.3) is 0 Å². The number of para-hydroxylation sites is 1. The van der Waals surface area contributed by atoms with E-state index in [2.05, 4.69) is 22.8 Å². The summed E-state index contributed by atoms with van der Waals surface area (Å²) in [6.07, 6.45) is 2.00. The third-order valence-electron chi connectivity index (χ3n) is 2.02. The van der Waals surface area contributed by atoms with Crippen molar-refractivity contribution in [2.45, 2.75) is 13.5 Å². The van der Waals surface area contributed by atoms with Gasteiger partial charge in [0, 0.05) is 24.9 Å². The molecular weight excluding hydrogens is 190 g/mol. The average Bonchev–Trinajstić information content (AvgIpc) is 2.64. The summed E-state index contributed by atoms with van der Waals surface area (Å²) in [6.45, 7) is 2.80. The molecule has 1 aromatic carbocycles. The lowest BCUT2D eigenvalue weighted by Crippen LogP contribution is -1.99. The molecule has 0 saturated heterocycles. The molecule has 0 saturated carbocycles. The van der Waals surface area contributed by atoms with E-state index in [4.69, 9.17) is 10.2 Å². The fourth-order valence-electron chi connectivity index (χ4n) is 1.44. The lowest BCUT2D eigenvalue weighted by atomic mass is 10.2. The Labute approximate surface area is 89.6 Å². The Kier molecular flexibility index (Phi) is 4.87. The molecule has 0 atom stereocenters. The van der Waals surface area contributed by atoms with Crippen LogP contribution in [0.3, 0.4) is 0 Å². The van der Waals surface area contributed by atoms with Crippen LogP contribution in [0.1, 0.15) is 6.92 Å². The zero-order valence-electron chi connectivity index (χ0n) is 8.93. The number of fused-ring (bicyclic) bond motifs is 1. The van der Waals surface area contributed by atoms with Crippen molar-refractivity contribution in [3.8, 4) is 0 Å². The number of hydrogen-bond acceptors (Lipinski definition) is 2. The molecule has 2 aromatic rings. The highest BCUT2D eigenvalue weighted by atomic mass is 16.3. The maximum absolute atomic E-state index is 8.78. The molecule has 0 aliphatic rings. The maximum atomic E-state index is 8.78. The molecule has 2 N–H and O–H groups in total. The molecule has 0 radical (unpaired) electrons. The second-order valence-electron chi connectivity index (χ2n) is 3.11. The Morgan fingerprint density at radius 3 is 2.47 bits per heavy atom. The summed E-state index contributed by atoms with van der Waals surface area (Å²) in [5, 5.41) is 17.6. The van der Waals surface area contributed by atoms with Gasteiger partial charge in [0.05, 0.1) is 6.61 Å². The minimum atomic E-state index is 0.193. The van der Waals surface area contributed by atoms with Gasteiger partial charge in [0.1, 0.15) is 0 Å². The van der Waals surface area contributed by atoms with Crippen LogP contribution in [0.5, 0.6) is 0 Å². The van der Waals surface area contributed by atoms with Gasteiger partial charge in [0.15, 0.2) is 0 Å². The molecule has 0 fully saturated rings. The van der Waals surface area contributed by atoms with Gasteiger partial charge < -0.3 is 14.8 Å². The van der Waals surface area contributed by atoms with Crippen LogP contribution >= 0.6 is 0 Å². The Hall–Kier alpha value is -1.32. The summed E-state index contributed by atoms with van der Waals surface area (Å²) in [4.78, 5) is 0. The first kappa shape index (κ1) is 11.8. The second kappa shape index (κ2) is 6.22. The fourth-order valence-corrected chi connectivity index (χ4v) is 1.44. The van der Waals surface area contributed by atoms with E-state index in [0.29, 0.717) is 6.54 Å². The van der Waals surface area contributed by atoms with Gasteiger partial charge in [-0.15, -0.1) is 0 Å². The Morgan fingerprint density at radius 2 is 1.80 bits per heavy atom. The predicted octanol–water partition coefficient (Wildman–Crippen LogP) is 1.63. The molecule has 0 spiro atoms. The molecule has 0 aliphatic carbocycles. The van der Waals surface area contributed by atoms with Crippen molar-refractivity contribution in [1.82, 2.24) is 4.57 Å². The number of hydrogen-bond donors (Lipinski definition) is 2. The SMILES string of the molecule is CCO.OCCn1ccc2ccccc21. The number of aliphatic hydroxyl groups excluding tert-OH is 2. The zero-order chi connectivity index (χ0) is 11.1. The molecule has 15 heavy (non-hydrogen) atoms. The van der Waals surface area contributed by atoms with E-state index in [1.165, 1.54) is 10.9 Å². The van der Waals surface area contributed by atoms with Crippen molar-refractivity contribution in [3.63, 3.8) is 0 Å². The smallest absolute Gasteiger partial charge is 0.0610 e. The molecule has 82 valence electrons. The molecule has 0 unspecified atom stereocenters. The molecule has 0 aliphatic heterocycles. The summed E-state index contributed by atoms with van der Waals surface area (Å²) < 4.78 is 2.05. The van der Waals surface area contributed by atoms with Gasteiger partial charge >= 0.3 is 0 Å². The van der Waals surface area contributed by atoms with Crippen molar-refractivity contribution < 1.29 is 10.2 Å². The Bertz CT molecular complexity index is 395. The first-order valence-electron chi connectivity index (χ1n) is 5.09. The van der Waals surface area contributed by atoms with Crippen LogP contribution in [-0.2, 0) is 6.54 Å². The van der Waals surface area contributed by atoms with E-state index in [9.17, 15) is 0 Å². The molecule has 1 heterocycles. The number of aliphatic hydroxyl groups is 2. The Balaban J connectivity index is 0.000000337. The second-order valence-corrected chi connectivity index (χ2v) is 3.11. The van der Waals surface area contributed by atoms with Crippen LogP contribution in [0, 0.1) is 0 Å². The van der Waals surface area contributed by atoms with E-state index in [1.54, 1.807) is 6.92 Å². The number of benzene rings is 1. The van der Waals surface area contributed by atoms with Crippen LogP contribution in [-0.4, -0.2) is 28.0 Å². The lowest BCUT2D eigenvalue weighted by molar-refractivity contribution is 0.278. The van der Waals surface area contributed by atoms with Gasteiger partial charge in [-0.05, 0) is 24.4 Å². The summed E-state index contributed by atoms with van der Waals surface area (Å²) in [5.41, 5.74) is 1.19. The van der Waals surface area contributed by atoms with Gasteiger partial charge in [-0.1, -0.05) is 18.2 Å². The van der Waals surface area contributed by atoms with Crippen LogP contribution in [0.15, 0.2) is 36.5 Å². The standard InChI is InChI=1S/C10H11NO.C2H6O/c12-8-7-11-6-5-9-3-1-2-4-10(9)11;1-2-3/h1-6,12H,7-8H2;3H,2H2,1H3. The normalized spacial score (nSPS) is 9.80. The van der Waals surface area contributed by atoms with Gasteiger partial charge in [-0.3, -0.25) is 0 Å². The molecule has 0 bridgehead atoms. The minimum absolute atomic E-state index is 0.193. The summed E-state index contributed by atoms with van der Waals surface area (Å²) in [6, 6.07) is 10.2. The third-order valence-corrected chi connectivity index (χ3v) is 2.02. The lowest BCUT2D eigenvalue weighted by Gasteiger charge is -2.00. The number of nitrogens with zero attached hydrogens (tertiary/aromatic N) is 1.